The molecule has 1 saturated heterocycles. The number of ether oxygens (including phenoxy) is 1. The van der Waals surface area contributed by atoms with Gasteiger partial charge in [-0.1, -0.05) is 12.1 Å². The number of benzene rings is 1. The van der Waals surface area contributed by atoms with Gasteiger partial charge in [0.1, 0.15) is 6.17 Å². The summed E-state index contributed by atoms with van der Waals surface area (Å²) >= 11 is 1.88. The number of thioether (sulfide) groups is 1. The number of nitrogens with zero attached hydrogens (tertiary/aromatic N) is 1. The summed E-state index contributed by atoms with van der Waals surface area (Å²) < 4.78 is 42.9. The number of aliphatic imine (C=N–C) groups is 1. The molecule has 1 aromatic rings. The zero-order valence-electron chi connectivity index (χ0n) is 13.7. The van der Waals surface area contributed by atoms with Crippen molar-refractivity contribution in [3.8, 4) is 0 Å². The Balaban J connectivity index is 1.70. The summed E-state index contributed by atoms with van der Waals surface area (Å²) in [5.41, 5.74) is 1.62. The molecule has 3 atom stereocenters. The highest BCUT2D eigenvalue weighted by molar-refractivity contribution is 8.00. The fraction of sp³-hybridized carbons (Fsp3) is 0.588. The summed E-state index contributed by atoms with van der Waals surface area (Å²) in [7, 11) is -3.21. The summed E-state index contributed by atoms with van der Waals surface area (Å²) in [4.78, 5) is 4.72. The molecule has 0 aliphatic carbocycles. The van der Waals surface area contributed by atoms with Gasteiger partial charge in [-0.05, 0) is 49.1 Å². The fourth-order valence-corrected chi connectivity index (χ4v) is 4.76. The first kappa shape index (κ1) is 17.9. The maximum atomic E-state index is 14.1. The predicted octanol–water partition coefficient (Wildman–Crippen LogP) is 3.25. The first-order valence-corrected chi connectivity index (χ1v) is 11.1. The van der Waals surface area contributed by atoms with E-state index in [2.05, 4.69) is 4.99 Å². The predicted molar refractivity (Wildman–Crippen MR) is 95.4 cm³/mol. The molecule has 3 unspecified atom stereocenters. The Hall–Kier alpha value is -0.920. The molecular formula is C17H22FNO3S2. The number of hydrogen-bond acceptors (Lipinski definition) is 5. The van der Waals surface area contributed by atoms with E-state index in [1.54, 1.807) is 24.3 Å². The number of hydrogen-bond donors (Lipinski definition) is 0. The number of rotatable bonds is 5. The third-order valence-corrected chi connectivity index (χ3v) is 6.84. The molecule has 132 valence electrons. The lowest BCUT2D eigenvalue weighted by Gasteiger charge is -2.25. The van der Waals surface area contributed by atoms with Crippen LogP contribution in [0.4, 0.5) is 4.39 Å². The normalized spacial score (nSPS) is 27.9. The lowest BCUT2D eigenvalue weighted by atomic mass is 10.0. The second-order valence-electron chi connectivity index (χ2n) is 6.29. The molecular weight excluding hydrogens is 349 g/mol. The monoisotopic (exact) mass is 371 g/mol. The summed E-state index contributed by atoms with van der Waals surface area (Å²) in [6, 6.07) is 6.61. The molecule has 4 nitrogen and oxygen atoms in total. The topological polar surface area (TPSA) is 55.7 Å². The molecule has 0 saturated carbocycles. The molecule has 0 spiro atoms. The van der Waals surface area contributed by atoms with Gasteiger partial charge in [0, 0.05) is 17.2 Å². The molecule has 24 heavy (non-hydrogen) atoms. The second-order valence-corrected chi connectivity index (χ2v) is 9.71. The largest absolute Gasteiger partial charge is 0.352 e. The van der Waals surface area contributed by atoms with E-state index >= 15 is 0 Å². The van der Waals surface area contributed by atoms with E-state index in [9.17, 15) is 12.8 Å². The first-order chi connectivity index (χ1) is 11.4. The van der Waals surface area contributed by atoms with E-state index < -0.39 is 22.2 Å². The summed E-state index contributed by atoms with van der Waals surface area (Å²) in [5, 5.41) is 0.451. The zero-order valence-corrected chi connectivity index (χ0v) is 15.3. The molecule has 2 aliphatic heterocycles. The molecule has 0 aromatic heterocycles. The van der Waals surface area contributed by atoms with Crippen LogP contribution in [0.3, 0.4) is 0 Å². The van der Waals surface area contributed by atoms with Gasteiger partial charge in [0.05, 0.1) is 11.5 Å². The SMILES string of the molecule is CS(=O)(=O)c1ccc(C2=NC(OCC3CCCS3)C(F)CC2)cc1. The Morgan fingerprint density at radius 1 is 1.29 bits per heavy atom. The van der Waals surface area contributed by atoms with Gasteiger partial charge in [0.25, 0.3) is 0 Å². The third kappa shape index (κ3) is 4.37. The van der Waals surface area contributed by atoms with E-state index in [0.29, 0.717) is 24.7 Å². The molecule has 0 amide bonds. The van der Waals surface area contributed by atoms with Gasteiger partial charge in [-0.2, -0.15) is 11.8 Å². The van der Waals surface area contributed by atoms with E-state index in [-0.39, 0.29) is 4.90 Å². The van der Waals surface area contributed by atoms with Crippen molar-refractivity contribution < 1.29 is 17.5 Å². The Kier molecular flexibility index (Phi) is 5.62. The average molecular weight is 371 g/mol. The maximum absolute atomic E-state index is 14.1. The van der Waals surface area contributed by atoms with Crippen LogP contribution in [-0.2, 0) is 14.6 Å². The molecule has 0 N–H and O–H groups in total. The van der Waals surface area contributed by atoms with Crippen LogP contribution >= 0.6 is 11.8 Å². The minimum atomic E-state index is -3.21. The summed E-state index contributed by atoms with van der Waals surface area (Å²) in [6.07, 6.45) is 2.60. The molecule has 1 aromatic carbocycles. The van der Waals surface area contributed by atoms with Crippen LogP contribution in [0.25, 0.3) is 0 Å². The van der Waals surface area contributed by atoms with Gasteiger partial charge >= 0.3 is 0 Å². The van der Waals surface area contributed by atoms with Crippen molar-refractivity contribution in [2.75, 3.05) is 18.6 Å². The average Bonchev–Trinajstić information content (AvgIpc) is 3.07. The first-order valence-electron chi connectivity index (χ1n) is 8.18. The highest BCUT2D eigenvalue weighted by Crippen LogP contribution is 2.28. The lowest BCUT2D eigenvalue weighted by molar-refractivity contribution is -0.00153. The number of halogens is 1. The minimum Gasteiger partial charge on any atom is -0.352 e. The molecule has 0 radical (unpaired) electrons. The highest BCUT2D eigenvalue weighted by atomic mass is 32.2. The molecule has 0 bridgehead atoms. The lowest BCUT2D eigenvalue weighted by Crippen LogP contribution is -2.32. The van der Waals surface area contributed by atoms with Crippen molar-refractivity contribution in [3.05, 3.63) is 29.8 Å². The molecule has 2 heterocycles. The summed E-state index contributed by atoms with van der Waals surface area (Å²) in [5.74, 6) is 1.15. The van der Waals surface area contributed by atoms with Crippen LogP contribution in [0.1, 0.15) is 31.2 Å². The molecule has 2 aliphatic rings. The minimum absolute atomic E-state index is 0.275. The third-order valence-electron chi connectivity index (χ3n) is 4.34. The Morgan fingerprint density at radius 2 is 2.04 bits per heavy atom. The Morgan fingerprint density at radius 3 is 2.67 bits per heavy atom. The van der Waals surface area contributed by atoms with Gasteiger partial charge in [0.2, 0.25) is 0 Å². The number of alkyl halides is 1. The van der Waals surface area contributed by atoms with E-state index in [1.165, 1.54) is 12.7 Å². The van der Waals surface area contributed by atoms with Gasteiger partial charge in [-0.25, -0.2) is 12.8 Å². The van der Waals surface area contributed by atoms with Crippen molar-refractivity contribution in [1.29, 1.82) is 0 Å². The van der Waals surface area contributed by atoms with Crippen molar-refractivity contribution >= 4 is 27.3 Å². The van der Waals surface area contributed by atoms with E-state index in [0.717, 1.165) is 23.4 Å². The Labute approximate surface area is 146 Å². The quantitative estimate of drug-likeness (QED) is 0.797. The van der Waals surface area contributed by atoms with E-state index in [1.807, 2.05) is 11.8 Å². The van der Waals surface area contributed by atoms with Crippen LogP contribution in [-0.4, -0.2) is 50.4 Å². The zero-order chi connectivity index (χ0) is 17.2. The number of sulfone groups is 1. The van der Waals surface area contributed by atoms with E-state index in [4.69, 9.17) is 4.74 Å². The van der Waals surface area contributed by atoms with Crippen molar-refractivity contribution in [2.24, 2.45) is 4.99 Å². The maximum Gasteiger partial charge on any atom is 0.179 e. The molecule has 7 heteroatoms. The second kappa shape index (κ2) is 7.54. The molecule has 3 rings (SSSR count). The van der Waals surface area contributed by atoms with Gasteiger partial charge in [-0.3, -0.25) is 4.99 Å². The summed E-state index contributed by atoms with van der Waals surface area (Å²) in [6.45, 7) is 0.541. The van der Waals surface area contributed by atoms with Crippen LogP contribution < -0.4 is 0 Å². The Bertz CT molecular complexity index is 697. The van der Waals surface area contributed by atoms with Crippen LogP contribution in [0.15, 0.2) is 34.2 Å². The van der Waals surface area contributed by atoms with Crippen LogP contribution in [0.5, 0.6) is 0 Å². The van der Waals surface area contributed by atoms with Crippen LogP contribution in [0.2, 0.25) is 0 Å². The van der Waals surface area contributed by atoms with Crippen molar-refractivity contribution in [2.45, 2.75) is 48.2 Å². The smallest absolute Gasteiger partial charge is 0.179 e. The van der Waals surface area contributed by atoms with Gasteiger partial charge in [-0.15, -0.1) is 0 Å². The molecule has 1 fully saturated rings. The van der Waals surface area contributed by atoms with Crippen LogP contribution in [0, 0.1) is 0 Å². The standard InChI is InChI=1S/C17H22FNO3S2/c1-24(20,21)14-6-4-12(5-7-14)16-9-8-15(18)17(19-16)22-11-13-3-2-10-23-13/h4-7,13,15,17H,2-3,8-11H2,1H3. The van der Waals surface area contributed by atoms with Crippen molar-refractivity contribution in [1.82, 2.24) is 0 Å². The fourth-order valence-electron chi connectivity index (χ4n) is 2.95. The van der Waals surface area contributed by atoms with Gasteiger partial charge < -0.3 is 4.74 Å². The van der Waals surface area contributed by atoms with Gasteiger partial charge in [0.15, 0.2) is 16.1 Å². The van der Waals surface area contributed by atoms with Crippen molar-refractivity contribution in [3.63, 3.8) is 0 Å². The highest BCUT2D eigenvalue weighted by Gasteiger charge is 2.28.